The summed E-state index contributed by atoms with van der Waals surface area (Å²) in [6, 6.07) is 12.5. The van der Waals surface area contributed by atoms with Crippen molar-refractivity contribution < 1.29 is 0 Å². The van der Waals surface area contributed by atoms with E-state index in [4.69, 9.17) is 23.2 Å². The molecule has 3 rings (SSSR count). The summed E-state index contributed by atoms with van der Waals surface area (Å²) in [7, 11) is 0. The first-order valence-corrected chi connectivity index (χ1v) is 7.06. The quantitative estimate of drug-likeness (QED) is 0.766. The van der Waals surface area contributed by atoms with Crippen LogP contribution in [0.1, 0.15) is 18.2 Å². The van der Waals surface area contributed by atoms with E-state index in [2.05, 4.69) is 41.1 Å². The first-order chi connectivity index (χ1) is 9.15. The predicted octanol–water partition coefficient (Wildman–Crippen LogP) is 4.34. The van der Waals surface area contributed by atoms with E-state index in [9.17, 15) is 0 Å². The van der Waals surface area contributed by atoms with E-state index in [1.165, 1.54) is 11.3 Å². The summed E-state index contributed by atoms with van der Waals surface area (Å²) in [5, 5.41) is 1.15. The van der Waals surface area contributed by atoms with Gasteiger partial charge < -0.3 is 4.90 Å². The molecule has 0 spiro atoms. The second-order valence-electron chi connectivity index (χ2n) is 4.87. The number of rotatable bonds is 2. The van der Waals surface area contributed by atoms with Gasteiger partial charge in [0, 0.05) is 11.7 Å². The van der Waals surface area contributed by atoms with Crippen LogP contribution in [0.25, 0.3) is 0 Å². The summed E-state index contributed by atoms with van der Waals surface area (Å²) in [5.41, 5.74) is 3.48. The molecule has 0 amide bonds. The highest BCUT2D eigenvalue weighted by Gasteiger charge is 2.26. The fourth-order valence-corrected chi connectivity index (χ4v) is 2.93. The summed E-state index contributed by atoms with van der Waals surface area (Å²) < 4.78 is 0. The van der Waals surface area contributed by atoms with E-state index in [0.29, 0.717) is 22.8 Å². The number of pyridine rings is 1. The average molecular weight is 293 g/mol. The monoisotopic (exact) mass is 292 g/mol. The molecule has 4 heteroatoms. The van der Waals surface area contributed by atoms with E-state index in [1.807, 2.05) is 0 Å². The van der Waals surface area contributed by atoms with Crippen LogP contribution in [0.15, 0.2) is 36.4 Å². The van der Waals surface area contributed by atoms with Gasteiger partial charge in [0.05, 0.1) is 17.3 Å². The molecular formula is C15H14Cl2N2. The Morgan fingerprint density at radius 1 is 1.21 bits per heavy atom. The molecule has 2 aromatic rings. The van der Waals surface area contributed by atoms with Gasteiger partial charge in [-0.15, -0.1) is 0 Å². The van der Waals surface area contributed by atoms with Gasteiger partial charge in [0.15, 0.2) is 0 Å². The zero-order valence-corrected chi connectivity index (χ0v) is 12.1. The van der Waals surface area contributed by atoms with Crippen molar-refractivity contribution in [2.24, 2.45) is 0 Å². The second kappa shape index (κ2) is 5.03. The molecule has 1 aliphatic heterocycles. The van der Waals surface area contributed by atoms with E-state index in [0.717, 1.165) is 12.1 Å². The van der Waals surface area contributed by atoms with Crippen molar-refractivity contribution in [3.63, 3.8) is 0 Å². The lowest BCUT2D eigenvalue weighted by Gasteiger charge is -2.25. The maximum atomic E-state index is 6.20. The van der Waals surface area contributed by atoms with Crippen molar-refractivity contribution in [3.8, 4) is 0 Å². The van der Waals surface area contributed by atoms with E-state index in [-0.39, 0.29) is 0 Å². The molecule has 1 unspecified atom stereocenters. The van der Waals surface area contributed by atoms with Crippen molar-refractivity contribution in [3.05, 3.63) is 57.8 Å². The van der Waals surface area contributed by atoms with Gasteiger partial charge in [-0.25, -0.2) is 4.98 Å². The van der Waals surface area contributed by atoms with Crippen LogP contribution in [-0.2, 0) is 13.0 Å². The lowest BCUT2D eigenvalue weighted by molar-refractivity contribution is 0.665. The summed E-state index contributed by atoms with van der Waals surface area (Å²) >= 11 is 12.2. The van der Waals surface area contributed by atoms with Crippen molar-refractivity contribution in [1.29, 1.82) is 0 Å². The maximum absolute atomic E-state index is 6.20. The van der Waals surface area contributed by atoms with E-state index in [1.54, 1.807) is 12.1 Å². The zero-order chi connectivity index (χ0) is 13.4. The Kier molecular flexibility index (Phi) is 3.38. The number of benzene rings is 1. The molecule has 0 fully saturated rings. The molecule has 0 N–H and O–H groups in total. The number of hydrogen-bond donors (Lipinski definition) is 0. The minimum atomic E-state index is 0.453. The summed E-state index contributed by atoms with van der Waals surface area (Å²) in [6.07, 6.45) is 1.06. The Bertz CT molecular complexity index is 613. The fraction of sp³-hybridized carbons (Fsp3) is 0.267. The Hall–Kier alpha value is -1.25. The predicted molar refractivity (Wildman–Crippen MR) is 80.0 cm³/mol. The largest absolute Gasteiger partial charge is 0.362 e. The molecule has 1 aromatic heterocycles. The number of hydrogen-bond acceptors (Lipinski definition) is 2. The second-order valence-corrected chi connectivity index (χ2v) is 5.67. The van der Waals surface area contributed by atoms with Gasteiger partial charge in [-0.3, -0.25) is 0 Å². The molecule has 98 valence electrons. The Morgan fingerprint density at radius 2 is 2.00 bits per heavy atom. The summed E-state index contributed by atoms with van der Waals surface area (Å²) in [6.45, 7) is 2.91. The number of halogens is 2. The van der Waals surface area contributed by atoms with Crippen LogP contribution in [0, 0.1) is 0 Å². The Labute approximate surface area is 123 Å². The molecule has 0 aliphatic carbocycles. The van der Waals surface area contributed by atoms with Crippen molar-refractivity contribution in [1.82, 2.24) is 4.98 Å². The average Bonchev–Trinajstić information content (AvgIpc) is 2.71. The summed E-state index contributed by atoms with van der Waals surface area (Å²) in [4.78, 5) is 6.67. The molecule has 2 nitrogen and oxygen atoms in total. The number of anilines is 1. The maximum Gasteiger partial charge on any atom is 0.129 e. The van der Waals surface area contributed by atoms with Gasteiger partial charge in [-0.05, 0) is 37.1 Å². The van der Waals surface area contributed by atoms with Gasteiger partial charge in [0.25, 0.3) is 0 Å². The van der Waals surface area contributed by atoms with Crippen molar-refractivity contribution >= 4 is 28.9 Å². The van der Waals surface area contributed by atoms with Gasteiger partial charge in [-0.1, -0.05) is 41.4 Å². The highest BCUT2D eigenvalue weighted by molar-refractivity contribution is 6.32. The highest BCUT2D eigenvalue weighted by Crippen LogP contribution is 2.33. The topological polar surface area (TPSA) is 16.1 Å². The van der Waals surface area contributed by atoms with Crippen molar-refractivity contribution in [2.75, 3.05) is 4.90 Å². The number of nitrogens with zero attached hydrogens (tertiary/aromatic N) is 2. The van der Waals surface area contributed by atoms with Crippen LogP contribution in [0.2, 0.25) is 10.2 Å². The van der Waals surface area contributed by atoms with Crippen LogP contribution < -0.4 is 4.90 Å². The standard InChI is InChI=1S/C15H14Cl2N2/c1-10-8-11-4-2-3-5-14(11)19(10)9-13-12(16)6-7-15(17)18-13/h2-7,10H,8-9H2,1H3. The third-order valence-electron chi connectivity index (χ3n) is 3.55. The normalized spacial score (nSPS) is 17.6. The molecule has 1 atom stereocenters. The van der Waals surface area contributed by atoms with Crippen LogP contribution in [0.4, 0.5) is 5.69 Å². The molecule has 2 heterocycles. The third kappa shape index (κ3) is 2.43. The first kappa shape index (κ1) is 12.8. The SMILES string of the molecule is CC1Cc2ccccc2N1Cc1nc(Cl)ccc1Cl. The lowest BCUT2D eigenvalue weighted by Crippen LogP contribution is -2.29. The third-order valence-corrected chi connectivity index (χ3v) is 4.11. The van der Waals surface area contributed by atoms with Crippen LogP contribution in [-0.4, -0.2) is 11.0 Å². The number of para-hydroxylation sites is 1. The Balaban J connectivity index is 1.93. The summed E-state index contributed by atoms with van der Waals surface area (Å²) in [5.74, 6) is 0. The molecular weight excluding hydrogens is 279 g/mol. The zero-order valence-electron chi connectivity index (χ0n) is 10.6. The minimum absolute atomic E-state index is 0.453. The van der Waals surface area contributed by atoms with Crippen LogP contribution in [0.5, 0.6) is 0 Å². The van der Waals surface area contributed by atoms with Gasteiger partial charge >= 0.3 is 0 Å². The number of fused-ring (bicyclic) bond motifs is 1. The molecule has 0 saturated heterocycles. The van der Waals surface area contributed by atoms with Gasteiger partial charge in [0.2, 0.25) is 0 Å². The Morgan fingerprint density at radius 3 is 2.84 bits per heavy atom. The molecule has 19 heavy (non-hydrogen) atoms. The minimum Gasteiger partial charge on any atom is -0.362 e. The van der Waals surface area contributed by atoms with Crippen LogP contribution >= 0.6 is 23.2 Å². The smallest absolute Gasteiger partial charge is 0.129 e. The van der Waals surface area contributed by atoms with E-state index < -0.39 is 0 Å². The van der Waals surface area contributed by atoms with Gasteiger partial charge in [0.1, 0.15) is 5.15 Å². The highest BCUT2D eigenvalue weighted by atomic mass is 35.5. The molecule has 0 radical (unpaired) electrons. The molecule has 1 aliphatic rings. The molecule has 0 bridgehead atoms. The number of aromatic nitrogens is 1. The first-order valence-electron chi connectivity index (χ1n) is 6.30. The van der Waals surface area contributed by atoms with E-state index >= 15 is 0 Å². The lowest BCUT2D eigenvalue weighted by atomic mass is 10.1. The fourth-order valence-electron chi connectivity index (χ4n) is 2.60. The van der Waals surface area contributed by atoms with Crippen molar-refractivity contribution in [2.45, 2.75) is 25.9 Å². The molecule has 1 aromatic carbocycles. The molecule has 0 saturated carbocycles. The van der Waals surface area contributed by atoms with Gasteiger partial charge in [-0.2, -0.15) is 0 Å². The van der Waals surface area contributed by atoms with Crippen LogP contribution in [0.3, 0.4) is 0 Å².